The van der Waals surface area contributed by atoms with Gasteiger partial charge in [0.2, 0.25) is 0 Å². The van der Waals surface area contributed by atoms with Crippen LogP contribution in [0, 0.1) is 0 Å². The molecule has 3 N–H and O–H groups in total. The van der Waals surface area contributed by atoms with Gasteiger partial charge in [-0.1, -0.05) is 16.8 Å². The summed E-state index contributed by atoms with van der Waals surface area (Å²) in [5.41, 5.74) is 0. The Morgan fingerprint density at radius 1 is 0.750 bits per heavy atom. The summed E-state index contributed by atoms with van der Waals surface area (Å²) in [5, 5.41) is 0. The summed E-state index contributed by atoms with van der Waals surface area (Å²) >= 11 is 0. The number of hydrogen-bond acceptors (Lipinski definition) is 1. The van der Waals surface area contributed by atoms with E-state index < -0.39 is 0 Å². The first-order chi connectivity index (χ1) is 0. The second-order valence-corrected chi connectivity index (χ2v) is 0. The smallest absolute Gasteiger partial charge is 0.344 e. The molecule has 0 aromatic heterocycles. The Balaban J connectivity index is 0. The maximum atomic E-state index is 0. The first-order valence-electron chi connectivity index (χ1n) is 0. The van der Waals surface area contributed by atoms with Gasteiger partial charge >= 0.3 is 23.1 Å². The van der Waals surface area contributed by atoms with E-state index in [0.29, 0.717) is 0 Å². The third-order valence-corrected chi connectivity index (χ3v) is 0. The predicted octanol–water partition coefficient (Wildman–Crippen LogP) is -3.12. The molecule has 0 saturated carbocycles. The molecule has 0 radical (unpaired) electrons. The average Bonchev–Trinajstić information content (AvgIpc) is 0. The monoisotopic (exact) mass is 71.1 g/mol. The van der Waals surface area contributed by atoms with E-state index >= 15 is 0 Å². The Bertz CT molecular complexity index is 6.00. The van der Waals surface area contributed by atoms with E-state index in [-0.39, 0.29) is 46.0 Å². The summed E-state index contributed by atoms with van der Waals surface area (Å²) in [6.45, 7) is 0. The van der Waals surface area contributed by atoms with Crippen LogP contribution in [0.1, 0.15) is 0 Å². The van der Waals surface area contributed by atoms with Crippen LogP contribution in [0.15, 0.2) is 0 Å². The molecule has 0 spiro atoms. The molecule has 0 unspecified atom stereocenters. The molecule has 0 atom stereocenters. The quantitative estimate of drug-likeness (QED) is 0.301. The molecule has 1 nitrogen and oxygen atoms in total. The summed E-state index contributed by atoms with van der Waals surface area (Å²) in [6.07, 6.45) is 0. The van der Waals surface area contributed by atoms with Crippen LogP contribution in [0.2, 0.25) is 0 Å². The van der Waals surface area contributed by atoms with Crippen molar-refractivity contribution >= 4 is 39.9 Å². The van der Waals surface area contributed by atoms with Crippen LogP contribution < -0.4 is 6.15 Å². The second-order valence-electron chi connectivity index (χ2n) is 0. The Hall–Kier alpha value is 0.856. The van der Waals surface area contributed by atoms with Gasteiger partial charge in [-0.05, 0) is 0 Å². The first-order valence-corrected chi connectivity index (χ1v) is 0. The molecule has 0 heterocycles. The van der Waals surface area contributed by atoms with Gasteiger partial charge in [0.05, 0.1) is 0 Å². The maximum Gasteiger partial charge on any atom is 2.00 e. The van der Waals surface area contributed by atoms with Gasteiger partial charge in [-0.25, -0.2) is 0 Å². The summed E-state index contributed by atoms with van der Waals surface area (Å²) in [7, 11) is 0. The van der Waals surface area contributed by atoms with E-state index in [1.54, 1.807) is 0 Å². The van der Waals surface area contributed by atoms with E-state index in [4.69, 9.17) is 0 Å². The van der Waals surface area contributed by atoms with Gasteiger partial charge in [-0.3, -0.25) is 0 Å². The van der Waals surface area contributed by atoms with E-state index in [1.807, 2.05) is 0 Å². The van der Waals surface area contributed by atoms with E-state index in [9.17, 15) is 0 Å². The molecule has 0 aromatic carbocycles. The third-order valence-electron chi connectivity index (χ3n) is 0. The third kappa shape index (κ3) is 13.4. The average molecular weight is 71.0 g/mol. The zero-order valence-corrected chi connectivity index (χ0v) is 2.83. The standard InChI is InChI=1S/2BH4.Mg.H3N/h2*1H4;;1H3/q2*-1;+2;. The Morgan fingerprint density at radius 3 is 0.750 bits per heavy atom. The van der Waals surface area contributed by atoms with Crippen molar-refractivity contribution in [2.75, 3.05) is 0 Å². The van der Waals surface area contributed by atoms with Crippen LogP contribution in [0.3, 0.4) is 0 Å². The van der Waals surface area contributed by atoms with Gasteiger partial charge in [-0.15, -0.1) is 0 Å². The minimum atomic E-state index is 0. The Kier molecular flexibility index (Phi) is 1060. The van der Waals surface area contributed by atoms with Gasteiger partial charge in [0, 0.05) is 0 Å². The molecule has 0 fully saturated rings. The normalized spacial score (nSPS) is 0. The van der Waals surface area contributed by atoms with Gasteiger partial charge in [0.1, 0.15) is 0 Å². The summed E-state index contributed by atoms with van der Waals surface area (Å²) in [6, 6.07) is 0. The SMILES string of the molecule is N.[BH4-].[BH4-].[Mg+2]. The zero-order chi connectivity index (χ0) is 0. The summed E-state index contributed by atoms with van der Waals surface area (Å²) in [4.78, 5) is 0. The van der Waals surface area contributed by atoms with Crippen molar-refractivity contribution in [2.24, 2.45) is 0 Å². The van der Waals surface area contributed by atoms with Crippen LogP contribution in [0.5, 0.6) is 0 Å². The molecule has 4 heteroatoms. The van der Waals surface area contributed by atoms with Crippen molar-refractivity contribution in [3.05, 3.63) is 0 Å². The number of hydrogen-bond donors (Lipinski definition) is 1. The molecule has 0 aromatic rings. The van der Waals surface area contributed by atoms with Gasteiger partial charge in [-0.2, -0.15) is 0 Å². The molecule has 0 rings (SSSR count). The molecule has 24 valence electrons. The van der Waals surface area contributed by atoms with Gasteiger partial charge < -0.3 is 6.15 Å². The first kappa shape index (κ1) is 98.5. The fraction of sp³-hybridized carbons (Fsp3) is 0. The topological polar surface area (TPSA) is 35.0 Å². The molecule has 0 saturated heterocycles. The molecule has 0 amide bonds. The fourth-order valence-corrected chi connectivity index (χ4v) is 0. The van der Waals surface area contributed by atoms with Crippen LogP contribution >= 0.6 is 0 Å². The van der Waals surface area contributed by atoms with Gasteiger partial charge in [0.15, 0.2) is 0 Å². The fourth-order valence-electron chi connectivity index (χ4n) is 0. The van der Waals surface area contributed by atoms with E-state index in [2.05, 4.69) is 0 Å². The summed E-state index contributed by atoms with van der Waals surface area (Å²) < 4.78 is 0. The van der Waals surface area contributed by atoms with Gasteiger partial charge in [0.25, 0.3) is 0 Å². The molecule has 0 bridgehead atoms. The van der Waals surface area contributed by atoms with Crippen LogP contribution in [0.4, 0.5) is 0 Å². The van der Waals surface area contributed by atoms with Crippen molar-refractivity contribution in [2.45, 2.75) is 0 Å². The summed E-state index contributed by atoms with van der Waals surface area (Å²) in [5.74, 6) is 0. The van der Waals surface area contributed by atoms with Crippen molar-refractivity contribution < 1.29 is 0 Å². The molecule has 0 aliphatic carbocycles. The molecular formula is H11B2MgN. The largest absolute Gasteiger partial charge is 2.00 e. The van der Waals surface area contributed by atoms with Crippen LogP contribution in [-0.4, -0.2) is 39.9 Å². The predicted molar refractivity (Wildman–Crippen MR) is 33.4 cm³/mol. The maximum absolute atomic E-state index is 0. The minimum Gasteiger partial charge on any atom is -0.344 e. The second kappa shape index (κ2) is 42.9. The van der Waals surface area contributed by atoms with E-state index in [0.717, 1.165) is 0 Å². The van der Waals surface area contributed by atoms with Crippen molar-refractivity contribution in [3.8, 4) is 0 Å². The van der Waals surface area contributed by atoms with Crippen LogP contribution in [0.25, 0.3) is 0 Å². The molecular weight excluding hydrogens is 59.9 g/mol. The van der Waals surface area contributed by atoms with Crippen molar-refractivity contribution in [3.63, 3.8) is 0 Å². The zero-order valence-electron chi connectivity index (χ0n) is 1.41. The van der Waals surface area contributed by atoms with Crippen molar-refractivity contribution in [1.29, 1.82) is 0 Å². The van der Waals surface area contributed by atoms with E-state index in [1.165, 1.54) is 0 Å². The number of rotatable bonds is 0. The van der Waals surface area contributed by atoms with Crippen LogP contribution in [-0.2, 0) is 0 Å². The minimum absolute atomic E-state index is 0. The Labute approximate surface area is 46.4 Å². The Morgan fingerprint density at radius 2 is 0.750 bits per heavy atom. The molecule has 0 aliphatic rings. The molecule has 4 heavy (non-hydrogen) atoms. The molecule has 0 aliphatic heterocycles. The van der Waals surface area contributed by atoms with Crippen molar-refractivity contribution in [1.82, 2.24) is 6.15 Å².